The van der Waals surface area contributed by atoms with Crippen molar-refractivity contribution in [2.24, 2.45) is 0 Å². The number of furan rings is 1. The van der Waals surface area contributed by atoms with Crippen molar-refractivity contribution in [1.82, 2.24) is 0 Å². The van der Waals surface area contributed by atoms with Crippen molar-refractivity contribution >= 4 is 23.1 Å². The van der Waals surface area contributed by atoms with E-state index in [9.17, 15) is 23.5 Å². The van der Waals surface area contributed by atoms with Gasteiger partial charge in [-0.1, -0.05) is 6.92 Å². The topological polar surface area (TPSA) is 80.0 Å². The van der Waals surface area contributed by atoms with E-state index in [1.165, 1.54) is 6.07 Å². The van der Waals surface area contributed by atoms with Gasteiger partial charge in [-0.15, -0.1) is 0 Å². The van der Waals surface area contributed by atoms with Crippen LogP contribution in [0.25, 0.3) is 5.76 Å². The van der Waals surface area contributed by atoms with Crippen LogP contribution in [0.15, 0.2) is 64.6 Å². The van der Waals surface area contributed by atoms with Gasteiger partial charge in [0.15, 0.2) is 0 Å². The van der Waals surface area contributed by atoms with E-state index >= 15 is 0 Å². The van der Waals surface area contributed by atoms with Crippen LogP contribution >= 0.6 is 0 Å². The number of benzene rings is 2. The number of halogens is 2. The maximum atomic E-state index is 14.6. The second kappa shape index (κ2) is 8.90. The minimum Gasteiger partial charge on any atom is -0.507 e. The molecule has 2 aromatic carbocycles. The van der Waals surface area contributed by atoms with E-state index < -0.39 is 35.1 Å². The van der Waals surface area contributed by atoms with Gasteiger partial charge in [0.05, 0.1) is 17.9 Å². The first-order valence-corrected chi connectivity index (χ1v) is 10.4. The Morgan fingerprint density at radius 2 is 1.82 bits per heavy atom. The Bertz CT molecular complexity index is 1250. The molecule has 0 saturated carbocycles. The van der Waals surface area contributed by atoms with Gasteiger partial charge in [0.2, 0.25) is 0 Å². The number of nitrogens with zero attached hydrogens (tertiary/aromatic N) is 1. The molecule has 3 aromatic rings. The Morgan fingerprint density at radius 1 is 1.09 bits per heavy atom. The number of aliphatic hydroxyl groups excluding tert-OH is 1. The van der Waals surface area contributed by atoms with E-state index in [1.807, 2.05) is 6.92 Å². The van der Waals surface area contributed by atoms with Crippen LogP contribution in [0.4, 0.5) is 14.5 Å². The zero-order chi connectivity index (χ0) is 23.7. The Labute approximate surface area is 188 Å². The average molecular weight is 453 g/mol. The van der Waals surface area contributed by atoms with Gasteiger partial charge < -0.3 is 14.3 Å². The fraction of sp³-hybridized carbons (Fsp3) is 0.200. The van der Waals surface area contributed by atoms with E-state index in [2.05, 4.69) is 0 Å². The average Bonchev–Trinajstić information content (AvgIpc) is 3.33. The summed E-state index contributed by atoms with van der Waals surface area (Å²) in [6.45, 7) is 4.17. The van der Waals surface area contributed by atoms with Crippen molar-refractivity contribution < 1.29 is 32.6 Å². The van der Waals surface area contributed by atoms with E-state index in [-0.39, 0.29) is 22.6 Å². The van der Waals surface area contributed by atoms with Gasteiger partial charge in [-0.3, -0.25) is 14.5 Å². The largest absolute Gasteiger partial charge is 0.507 e. The van der Waals surface area contributed by atoms with Crippen LogP contribution in [-0.2, 0) is 9.59 Å². The third-order valence-corrected chi connectivity index (χ3v) is 5.24. The molecule has 2 heterocycles. The smallest absolute Gasteiger partial charge is 0.300 e. The van der Waals surface area contributed by atoms with E-state index in [0.29, 0.717) is 24.2 Å². The highest BCUT2D eigenvalue weighted by Gasteiger charge is 2.49. The molecule has 4 rings (SSSR count). The highest BCUT2D eigenvalue weighted by atomic mass is 19.1. The van der Waals surface area contributed by atoms with Crippen molar-refractivity contribution in [3.63, 3.8) is 0 Å². The highest BCUT2D eigenvalue weighted by Crippen LogP contribution is 2.43. The van der Waals surface area contributed by atoms with Crippen molar-refractivity contribution in [2.45, 2.75) is 26.3 Å². The van der Waals surface area contributed by atoms with Gasteiger partial charge >= 0.3 is 0 Å². The fourth-order valence-electron chi connectivity index (χ4n) is 3.71. The van der Waals surface area contributed by atoms with Gasteiger partial charge in [-0.2, -0.15) is 0 Å². The molecule has 1 aromatic heterocycles. The van der Waals surface area contributed by atoms with E-state index in [0.717, 1.165) is 23.5 Å². The lowest BCUT2D eigenvalue weighted by Crippen LogP contribution is -2.30. The molecule has 0 bridgehead atoms. The number of hydrogen-bond donors (Lipinski definition) is 1. The molecule has 1 saturated heterocycles. The molecule has 170 valence electrons. The van der Waals surface area contributed by atoms with Gasteiger partial charge in [-0.05, 0) is 61.9 Å². The summed E-state index contributed by atoms with van der Waals surface area (Å²) < 4.78 is 39.3. The minimum absolute atomic E-state index is 0.153. The number of ether oxygens (including phenoxy) is 1. The molecule has 33 heavy (non-hydrogen) atoms. The van der Waals surface area contributed by atoms with Gasteiger partial charge in [-0.25, -0.2) is 8.78 Å². The maximum Gasteiger partial charge on any atom is 0.300 e. The molecule has 6 nitrogen and oxygen atoms in total. The summed E-state index contributed by atoms with van der Waals surface area (Å²) in [4.78, 5) is 26.8. The van der Waals surface area contributed by atoms with Gasteiger partial charge in [0, 0.05) is 11.6 Å². The summed E-state index contributed by atoms with van der Waals surface area (Å²) in [7, 11) is 0. The van der Waals surface area contributed by atoms with Crippen LogP contribution in [0.2, 0.25) is 0 Å². The molecular weight excluding hydrogens is 432 g/mol. The Kier molecular flexibility index (Phi) is 6.00. The van der Waals surface area contributed by atoms with Crippen LogP contribution < -0.4 is 9.64 Å². The summed E-state index contributed by atoms with van der Waals surface area (Å²) in [6.07, 6.45) is 0.827. The van der Waals surface area contributed by atoms with Crippen LogP contribution in [0.5, 0.6) is 5.75 Å². The first kappa shape index (κ1) is 22.3. The quantitative estimate of drug-likeness (QED) is 0.312. The molecule has 1 N–H and O–H groups in total. The predicted molar refractivity (Wildman–Crippen MR) is 117 cm³/mol. The standard InChI is InChI=1S/C25H21F2NO5/c1-3-12-32-17-8-5-15(6-9-17)23(29)21-22(20-11-4-14(2)33-20)28(25(31)24(21)30)19-10-7-16(26)13-18(19)27/h4-11,13,22,29H,3,12H2,1-2H3/b23-21-. The number of hydrogen-bond acceptors (Lipinski definition) is 5. The molecule has 1 aliphatic heterocycles. The molecule has 0 spiro atoms. The highest BCUT2D eigenvalue weighted by molar-refractivity contribution is 6.51. The molecule has 1 amide bonds. The molecule has 1 fully saturated rings. The number of aryl methyl sites for hydroxylation is 1. The molecule has 1 aliphatic rings. The summed E-state index contributed by atoms with van der Waals surface area (Å²) in [5.74, 6) is -3.15. The van der Waals surface area contributed by atoms with Crippen LogP contribution in [0.3, 0.4) is 0 Å². The number of carbonyl (C=O) groups is 2. The Hall–Kier alpha value is -3.94. The van der Waals surface area contributed by atoms with E-state index in [4.69, 9.17) is 9.15 Å². The Morgan fingerprint density at radius 3 is 2.42 bits per heavy atom. The number of carbonyl (C=O) groups excluding carboxylic acids is 2. The minimum atomic E-state index is -1.24. The van der Waals surface area contributed by atoms with Crippen molar-refractivity contribution in [3.05, 3.63) is 88.9 Å². The number of ketones is 1. The lowest BCUT2D eigenvalue weighted by atomic mass is 9.99. The third-order valence-electron chi connectivity index (χ3n) is 5.24. The summed E-state index contributed by atoms with van der Waals surface area (Å²) >= 11 is 0. The van der Waals surface area contributed by atoms with Gasteiger partial charge in [0.1, 0.15) is 40.7 Å². The number of aliphatic hydroxyl groups is 1. The van der Waals surface area contributed by atoms with Crippen LogP contribution in [0.1, 0.15) is 36.5 Å². The van der Waals surface area contributed by atoms with Crippen LogP contribution in [0, 0.1) is 18.6 Å². The number of anilines is 1. The number of amides is 1. The SMILES string of the molecule is CCCOc1ccc(/C(O)=C2/C(=O)C(=O)N(c3ccc(F)cc3F)C2c2ccc(C)o2)cc1. The number of Topliss-reactive ketones (excluding diaryl/α,β-unsaturated/α-hetero) is 1. The molecular formula is C25H21F2NO5. The first-order valence-electron chi connectivity index (χ1n) is 10.4. The molecule has 1 atom stereocenters. The van der Waals surface area contributed by atoms with Gasteiger partial charge in [0.25, 0.3) is 11.7 Å². The second-order valence-electron chi connectivity index (χ2n) is 7.59. The maximum absolute atomic E-state index is 14.6. The van der Waals surface area contributed by atoms with Crippen molar-refractivity contribution in [3.8, 4) is 5.75 Å². The van der Waals surface area contributed by atoms with E-state index in [1.54, 1.807) is 37.3 Å². The molecule has 0 radical (unpaired) electrons. The summed E-state index contributed by atoms with van der Waals surface area (Å²) in [5.41, 5.74) is -0.301. The monoisotopic (exact) mass is 453 g/mol. The number of rotatable bonds is 6. The second-order valence-corrected chi connectivity index (χ2v) is 7.59. The fourth-order valence-corrected chi connectivity index (χ4v) is 3.71. The molecule has 1 unspecified atom stereocenters. The zero-order valence-corrected chi connectivity index (χ0v) is 18.0. The van der Waals surface area contributed by atoms with Crippen molar-refractivity contribution in [1.29, 1.82) is 0 Å². The zero-order valence-electron chi connectivity index (χ0n) is 18.0. The Balaban J connectivity index is 1.85. The van der Waals surface area contributed by atoms with Crippen LogP contribution in [-0.4, -0.2) is 23.4 Å². The molecule has 0 aliphatic carbocycles. The third kappa shape index (κ3) is 4.11. The lowest BCUT2D eigenvalue weighted by Gasteiger charge is -2.23. The molecule has 8 heteroatoms. The van der Waals surface area contributed by atoms with Crippen molar-refractivity contribution in [2.75, 3.05) is 11.5 Å². The first-order chi connectivity index (χ1) is 15.8. The summed E-state index contributed by atoms with van der Waals surface area (Å²) in [5, 5.41) is 11.0. The predicted octanol–water partition coefficient (Wildman–Crippen LogP) is 5.28. The summed E-state index contributed by atoms with van der Waals surface area (Å²) in [6, 6.07) is 11.0. The normalized spacial score (nSPS) is 17.6. The lowest BCUT2D eigenvalue weighted by molar-refractivity contribution is -0.132.